The number of carboxylic acid groups (broad SMARTS) is 1. The number of aliphatic hydroxyl groups excluding tert-OH is 1. The molecule has 1 atom stereocenters. The fraction of sp³-hybridized carbons (Fsp3) is 0.611. The number of rotatable bonds is 13. The smallest absolute Gasteiger partial charge is 0.303 e. The number of allylic oxidation sites excluding steroid dienone is 5. The Bertz CT molecular complexity index is 329. The van der Waals surface area contributed by atoms with Crippen molar-refractivity contribution in [2.24, 2.45) is 0 Å². The Morgan fingerprint density at radius 3 is 2.57 bits per heavy atom. The second kappa shape index (κ2) is 15.0. The first-order chi connectivity index (χ1) is 10.2. The highest BCUT2D eigenvalue weighted by Crippen LogP contribution is 2.04. The van der Waals surface area contributed by atoms with E-state index < -0.39 is 5.97 Å². The third kappa shape index (κ3) is 16.6. The quantitative estimate of drug-likeness (QED) is 0.296. The van der Waals surface area contributed by atoms with Gasteiger partial charge in [-0.15, -0.1) is 0 Å². The Hall–Kier alpha value is -1.35. The normalized spacial score (nSPS) is 13.6. The van der Waals surface area contributed by atoms with Gasteiger partial charge >= 0.3 is 5.97 Å². The zero-order valence-electron chi connectivity index (χ0n) is 13.2. The van der Waals surface area contributed by atoms with E-state index in [0.29, 0.717) is 0 Å². The number of aliphatic carboxylic acids is 1. The molecular formula is C18H30O3. The SMILES string of the molecule is CCCCC[C@H](O)C=CC=CCC=CCCCCC(=O)O. The highest BCUT2D eigenvalue weighted by molar-refractivity contribution is 5.66. The molecule has 0 heterocycles. The third-order valence-electron chi connectivity index (χ3n) is 3.13. The minimum absolute atomic E-state index is 0.263. The van der Waals surface area contributed by atoms with Crippen molar-refractivity contribution in [3.05, 3.63) is 36.5 Å². The van der Waals surface area contributed by atoms with Crippen LogP contribution in [-0.4, -0.2) is 22.3 Å². The highest BCUT2D eigenvalue weighted by atomic mass is 16.4. The van der Waals surface area contributed by atoms with Crippen LogP contribution in [0.25, 0.3) is 0 Å². The van der Waals surface area contributed by atoms with Crippen LogP contribution in [0, 0.1) is 0 Å². The van der Waals surface area contributed by atoms with E-state index in [0.717, 1.165) is 38.5 Å². The minimum Gasteiger partial charge on any atom is -0.481 e. The lowest BCUT2D eigenvalue weighted by Gasteiger charge is -2.02. The molecule has 0 aliphatic rings. The van der Waals surface area contributed by atoms with E-state index in [1.54, 1.807) is 0 Å². The van der Waals surface area contributed by atoms with Crippen molar-refractivity contribution in [1.82, 2.24) is 0 Å². The third-order valence-corrected chi connectivity index (χ3v) is 3.13. The van der Waals surface area contributed by atoms with Crippen molar-refractivity contribution in [3.8, 4) is 0 Å². The van der Waals surface area contributed by atoms with Crippen LogP contribution in [0.15, 0.2) is 36.5 Å². The van der Waals surface area contributed by atoms with Gasteiger partial charge in [-0.25, -0.2) is 0 Å². The van der Waals surface area contributed by atoms with E-state index >= 15 is 0 Å². The van der Waals surface area contributed by atoms with E-state index in [1.807, 2.05) is 24.3 Å². The van der Waals surface area contributed by atoms with Gasteiger partial charge < -0.3 is 10.2 Å². The molecule has 0 fully saturated rings. The summed E-state index contributed by atoms with van der Waals surface area (Å²) in [5, 5.41) is 18.1. The Morgan fingerprint density at radius 1 is 1.05 bits per heavy atom. The summed E-state index contributed by atoms with van der Waals surface area (Å²) >= 11 is 0. The summed E-state index contributed by atoms with van der Waals surface area (Å²) in [6, 6.07) is 0. The van der Waals surface area contributed by atoms with Gasteiger partial charge in [0.15, 0.2) is 0 Å². The number of carboxylic acids is 1. The molecule has 0 aromatic carbocycles. The predicted molar refractivity (Wildman–Crippen MR) is 88.3 cm³/mol. The van der Waals surface area contributed by atoms with E-state index in [9.17, 15) is 9.90 Å². The van der Waals surface area contributed by atoms with Crippen LogP contribution < -0.4 is 0 Å². The van der Waals surface area contributed by atoms with Gasteiger partial charge in [0.1, 0.15) is 0 Å². The maximum atomic E-state index is 10.3. The largest absolute Gasteiger partial charge is 0.481 e. The fourth-order valence-electron chi connectivity index (χ4n) is 1.88. The van der Waals surface area contributed by atoms with Gasteiger partial charge in [0.05, 0.1) is 6.10 Å². The van der Waals surface area contributed by atoms with Gasteiger partial charge in [0.25, 0.3) is 0 Å². The molecule has 0 unspecified atom stereocenters. The van der Waals surface area contributed by atoms with Crippen molar-refractivity contribution >= 4 is 5.97 Å². The Morgan fingerprint density at radius 2 is 1.86 bits per heavy atom. The first-order valence-corrected chi connectivity index (χ1v) is 8.05. The summed E-state index contributed by atoms with van der Waals surface area (Å²) in [6.07, 6.45) is 19.6. The molecule has 0 saturated carbocycles. The predicted octanol–water partition coefficient (Wildman–Crippen LogP) is 4.63. The molecule has 0 radical (unpaired) electrons. The van der Waals surface area contributed by atoms with Crippen LogP contribution in [0.2, 0.25) is 0 Å². The first kappa shape index (κ1) is 19.7. The van der Waals surface area contributed by atoms with Crippen molar-refractivity contribution in [3.63, 3.8) is 0 Å². The highest BCUT2D eigenvalue weighted by Gasteiger charge is 1.96. The molecule has 0 aliphatic heterocycles. The lowest BCUT2D eigenvalue weighted by atomic mass is 10.1. The van der Waals surface area contributed by atoms with Gasteiger partial charge in [-0.2, -0.15) is 0 Å². The molecule has 0 bridgehead atoms. The summed E-state index contributed by atoms with van der Waals surface area (Å²) < 4.78 is 0. The molecule has 3 nitrogen and oxygen atoms in total. The van der Waals surface area contributed by atoms with Crippen LogP contribution >= 0.6 is 0 Å². The van der Waals surface area contributed by atoms with Gasteiger partial charge in [0, 0.05) is 6.42 Å². The maximum Gasteiger partial charge on any atom is 0.303 e. The molecular weight excluding hydrogens is 264 g/mol. The van der Waals surface area contributed by atoms with Crippen molar-refractivity contribution in [1.29, 1.82) is 0 Å². The topological polar surface area (TPSA) is 57.5 Å². The molecule has 0 saturated heterocycles. The van der Waals surface area contributed by atoms with Crippen molar-refractivity contribution < 1.29 is 15.0 Å². The van der Waals surface area contributed by atoms with Crippen molar-refractivity contribution in [2.45, 2.75) is 70.8 Å². The monoisotopic (exact) mass is 294 g/mol. The number of carbonyl (C=O) groups is 1. The second-order valence-electron chi connectivity index (χ2n) is 5.22. The number of hydrogen-bond acceptors (Lipinski definition) is 2. The summed E-state index contributed by atoms with van der Waals surface area (Å²) in [6.45, 7) is 2.16. The van der Waals surface area contributed by atoms with Crippen molar-refractivity contribution in [2.75, 3.05) is 0 Å². The molecule has 2 N–H and O–H groups in total. The zero-order chi connectivity index (χ0) is 15.8. The molecule has 120 valence electrons. The molecule has 0 aliphatic carbocycles. The Balaban J connectivity index is 3.51. The second-order valence-corrected chi connectivity index (χ2v) is 5.22. The van der Waals surface area contributed by atoms with E-state index in [1.165, 1.54) is 12.8 Å². The summed E-state index contributed by atoms with van der Waals surface area (Å²) in [5.74, 6) is -0.717. The number of aliphatic hydroxyl groups is 1. The first-order valence-electron chi connectivity index (χ1n) is 8.05. The summed E-state index contributed by atoms with van der Waals surface area (Å²) in [4.78, 5) is 10.3. The number of unbranched alkanes of at least 4 members (excludes halogenated alkanes) is 4. The van der Waals surface area contributed by atoms with Gasteiger partial charge in [-0.05, 0) is 32.1 Å². The molecule has 0 amide bonds. The standard InChI is InChI=1S/C18H30O3/c1-2-3-11-14-17(19)15-12-9-7-5-4-6-8-10-13-16-18(20)21/h4,6-7,9,12,15,17,19H,2-3,5,8,10-11,13-14,16H2,1H3,(H,20,21)/t17-/m0/s1. The molecule has 3 heteroatoms. The average molecular weight is 294 g/mol. The zero-order valence-corrected chi connectivity index (χ0v) is 13.2. The lowest BCUT2D eigenvalue weighted by molar-refractivity contribution is -0.137. The van der Waals surface area contributed by atoms with Crippen LogP contribution in [0.3, 0.4) is 0 Å². The van der Waals surface area contributed by atoms with E-state index in [-0.39, 0.29) is 12.5 Å². The number of hydrogen-bond donors (Lipinski definition) is 2. The van der Waals surface area contributed by atoms with Crippen LogP contribution in [0.4, 0.5) is 0 Å². The summed E-state index contributed by atoms with van der Waals surface area (Å²) in [5.41, 5.74) is 0. The van der Waals surface area contributed by atoms with Crippen LogP contribution in [-0.2, 0) is 4.79 Å². The van der Waals surface area contributed by atoms with Gasteiger partial charge in [-0.1, -0.05) is 62.6 Å². The van der Waals surface area contributed by atoms with Crippen LogP contribution in [0.1, 0.15) is 64.7 Å². The van der Waals surface area contributed by atoms with E-state index in [4.69, 9.17) is 5.11 Å². The molecule has 21 heavy (non-hydrogen) atoms. The lowest BCUT2D eigenvalue weighted by Crippen LogP contribution is -2.00. The Kier molecular flexibility index (Phi) is 14.1. The van der Waals surface area contributed by atoms with Crippen LogP contribution in [0.5, 0.6) is 0 Å². The maximum absolute atomic E-state index is 10.3. The summed E-state index contributed by atoms with van der Waals surface area (Å²) in [7, 11) is 0. The van der Waals surface area contributed by atoms with Gasteiger partial charge in [0.2, 0.25) is 0 Å². The minimum atomic E-state index is -0.717. The van der Waals surface area contributed by atoms with Gasteiger partial charge in [-0.3, -0.25) is 4.79 Å². The fourth-order valence-corrected chi connectivity index (χ4v) is 1.88. The van der Waals surface area contributed by atoms with E-state index in [2.05, 4.69) is 19.1 Å². The molecule has 0 aromatic rings. The molecule has 0 spiro atoms. The Labute approximate surface area is 129 Å². The average Bonchev–Trinajstić information content (AvgIpc) is 2.44. The molecule has 0 rings (SSSR count). The molecule has 0 aromatic heterocycles.